The van der Waals surface area contributed by atoms with Gasteiger partial charge in [-0.1, -0.05) is 12.8 Å². The van der Waals surface area contributed by atoms with Crippen LogP contribution in [0.1, 0.15) is 38.5 Å². The minimum absolute atomic E-state index is 0.188. The number of likely N-dealkylation sites (N-methyl/N-ethyl adjacent to an activating group) is 1. The summed E-state index contributed by atoms with van der Waals surface area (Å²) in [5, 5.41) is 3.42. The highest BCUT2D eigenvalue weighted by molar-refractivity contribution is 5.77. The lowest BCUT2D eigenvalue weighted by Gasteiger charge is -2.30. The van der Waals surface area contributed by atoms with Crippen LogP contribution >= 0.6 is 0 Å². The number of carbonyl (C=O) groups excluding carboxylic acids is 1. The quantitative estimate of drug-likeness (QED) is 0.787. The molecule has 0 radical (unpaired) electrons. The van der Waals surface area contributed by atoms with Crippen molar-refractivity contribution in [3.8, 4) is 0 Å². The van der Waals surface area contributed by atoms with Crippen LogP contribution in [-0.2, 0) is 4.79 Å². The van der Waals surface area contributed by atoms with E-state index in [4.69, 9.17) is 0 Å². The van der Waals surface area contributed by atoms with Gasteiger partial charge in [0.05, 0.1) is 6.54 Å². The van der Waals surface area contributed by atoms with Crippen LogP contribution < -0.4 is 5.32 Å². The van der Waals surface area contributed by atoms with Crippen LogP contribution in [0.25, 0.3) is 0 Å². The zero-order chi connectivity index (χ0) is 11.5. The molecule has 0 aromatic rings. The van der Waals surface area contributed by atoms with Gasteiger partial charge < -0.3 is 10.2 Å². The largest absolute Gasteiger partial charge is 0.348 e. The third-order valence-electron chi connectivity index (χ3n) is 4.04. The van der Waals surface area contributed by atoms with E-state index in [0.717, 1.165) is 11.8 Å². The summed E-state index contributed by atoms with van der Waals surface area (Å²) < 4.78 is 0. The summed E-state index contributed by atoms with van der Waals surface area (Å²) in [6.07, 6.45) is 8.22. The molecule has 0 spiro atoms. The van der Waals surface area contributed by atoms with Crippen molar-refractivity contribution in [3.05, 3.63) is 0 Å². The van der Waals surface area contributed by atoms with Gasteiger partial charge in [0, 0.05) is 20.1 Å². The Bertz CT molecular complexity index is 248. The Hall–Kier alpha value is -0.570. The van der Waals surface area contributed by atoms with Gasteiger partial charge in [0.15, 0.2) is 0 Å². The van der Waals surface area contributed by atoms with Gasteiger partial charge in [-0.05, 0) is 37.5 Å². The number of nitrogens with zero attached hydrogens (tertiary/aromatic N) is 1. The standard InChI is InChI=1S/C13H24N2O/c1-15(2)13(16)9-14-12-5-3-4-11(8-12)10-6-7-10/h10-12,14H,3-9H2,1-2H3. The lowest BCUT2D eigenvalue weighted by molar-refractivity contribution is -0.127. The molecule has 3 nitrogen and oxygen atoms in total. The average molecular weight is 224 g/mol. The second kappa shape index (κ2) is 5.17. The van der Waals surface area contributed by atoms with Crippen molar-refractivity contribution in [2.75, 3.05) is 20.6 Å². The summed E-state index contributed by atoms with van der Waals surface area (Å²) in [6, 6.07) is 0.586. The lowest BCUT2D eigenvalue weighted by Crippen LogP contribution is -2.41. The van der Waals surface area contributed by atoms with Crippen molar-refractivity contribution in [2.24, 2.45) is 11.8 Å². The first-order chi connectivity index (χ1) is 7.66. The van der Waals surface area contributed by atoms with E-state index < -0.39 is 0 Å². The van der Waals surface area contributed by atoms with Gasteiger partial charge in [0.1, 0.15) is 0 Å². The molecule has 2 atom stereocenters. The van der Waals surface area contributed by atoms with Crippen molar-refractivity contribution in [1.82, 2.24) is 10.2 Å². The summed E-state index contributed by atoms with van der Waals surface area (Å²) in [5.74, 6) is 2.16. The van der Waals surface area contributed by atoms with Crippen molar-refractivity contribution in [2.45, 2.75) is 44.6 Å². The smallest absolute Gasteiger partial charge is 0.236 e. The van der Waals surface area contributed by atoms with E-state index in [1.165, 1.54) is 38.5 Å². The Morgan fingerprint density at radius 1 is 1.19 bits per heavy atom. The molecule has 0 heterocycles. The molecule has 1 N–H and O–H groups in total. The molecule has 3 heteroatoms. The molecular formula is C13H24N2O. The first-order valence-electron chi connectivity index (χ1n) is 6.60. The van der Waals surface area contributed by atoms with Crippen LogP contribution in [-0.4, -0.2) is 37.5 Å². The minimum atomic E-state index is 0.188. The van der Waals surface area contributed by atoms with Crippen LogP contribution in [0.3, 0.4) is 0 Å². The Balaban J connectivity index is 1.70. The number of carbonyl (C=O) groups is 1. The summed E-state index contributed by atoms with van der Waals surface area (Å²) >= 11 is 0. The van der Waals surface area contributed by atoms with Gasteiger partial charge in [-0.3, -0.25) is 4.79 Å². The Morgan fingerprint density at radius 3 is 2.56 bits per heavy atom. The number of rotatable bonds is 4. The number of amides is 1. The first kappa shape index (κ1) is 11.9. The SMILES string of the molecule is CN(C)C(=O)CNC1CCCC(C2CC2)C1. The molecule has 2 aliphatic rings. The van der Waals surface area contributed by atoms with Crippen LogP contribution in [0, 0.1) is 11.8 Å². The zero-order valence-electron chi connectivity index (χ0n) is 10.5. The Labute approximate surface area is 98.6 Å². The van der Waals surface area contributed by atoms with Gasteiger partial charge in [-0.15, -0.1) is 0 Å². The van der Waals surface area contributed by atoms with Crippen molar-refractivity contribution in [3.63, 3.8) is 0 Å². The van der Waals surface area contributed by atoms with E-state index in [9.17, 15) is 4.79 Å². The first-order valence-corrected chi connectivity index (χ1v) is 6.60. The van der Waals surface area contributed by atoms with Gasteiger partial charge in [-0.25, -0.2) is 0 Å². The van der Waals surface area contributed by atoms with Gasteiger partial charge >= 0.3 is 0 Å². The normalized spacial score (nSPS) is 30.1. The second-order valence-electron chi connectivity index (χ2n) is 5.63. The third-order valence-corrected chi connectivity index (χ3v) is 4.04. The van der Waals surface area contributed by atoms with Crippen LogP contribution in [0.4, 0.5) is 0 Å². The number of hydrogen-bond donors (Lipinski definition) is 1. The summed E-state index contributed by atoms with van der Waals surface area (Å²) in [4.78, 5) is 13.1. The monoisotopic (exact) mass is 224 g/mol. The fourth-order valence-corrected chi connectivity index (χ4v) is 2.80. The molecular weight excluding hydrogens is 200 g/mol. The molecule has 2 rings (SSSR count). The molecule has 0 saturated heterocycles. The van der Waals surface area contributed by atoms with E-state index in [1.54, 1.807) is 4.90 Å². The third kappa shape index (κ3) is 3.21. The van der Waals surface area contributed by atoms with Crippen molar-refractivity contribution < 1.29 is 4.79 Å². The van der Waals surface area contributed by atoms with Crippen molar-refractivity contribution >= 4 is 5.91 Å². The highest BCUT2D eigenvalue weighted by Gasteiger charge is 2.34. The second-order valence-corrected chi connectivity index (χ2v) is 5.63. The van der Waals surface area contributed by atoms with Gasteiger partial charge in [0.25, 0.3) is 0 Å². The molecule has 92 valence electrons. The van der Waals surface area contributed by atoms with Crippen LogP contribution in [0.5, 0.6) is 0 Å². The summed E-state index contributed by atoms with van der Waals surface area (Å²) in [7, 11) is 3.63. The van der Waals surface area contributed by atoms with E-state index in [2.05, 4.69) is 5.32 Å². The molecule has 0 bridgehead atoms. The van der Waals surface area contributed by atoms with Gasteiger partial charge in [-0.2, -0.15) is 0 Å². The Kier molecular flexibility index (Phi) is 3.85. The molecule has 2 unspecified atom stereocenters. The number of nitrogens with one attached hydrogen (secondary N) is 1. The van der Waals surface area contributed by atoms with E-state index in [1.807, 2.05) is 14.1 Å². The molecule has 2 fully saturated rings. The summed E-state index contributed by atoms with van der Waals surface area (Å²) in [5.41, 5.74) is 0. The van der Waals surface area contributed by atoms with Crippen LogP contribution in [0.15, 0.2) is 0 Å². The van der Waals surface area contributed by atoms with E-state index >= 15 is 0 Å². The topological polar surface area (TPSA) is 32.3 Å². The van der Waals surface area contributed by atoms with Gasteiger partial charge in [0.2, 0.25) is 5.91 Å². The molecule has 0 aliphatic heterocycles. The fraction of sp³-hybridized carbons (Fsp3) is 0.923. The predicted octanol–water partition coefficient (Wildman–Crippen LogP) is 1.63. The molecule has 2 saturated carbocycles. The Morgan fingerprint density at radius 2 is 1.94 bits per heavy atom. The highest BCUT2D eigenvalue weighted by atomic mass is 16.2. The van der Waals surface area contributed by atoms with Crippen molar-refractivity contribution in [1.29, 1.82) is 0 Å². The maximum Gasteiger partial charge on any atom is 0.236 e. The molecule has 2 aliphatic carbocycles. The number of hydrogen-bond acceptors (Lipinski definition) is 2. The van der Waals surface area contributed by atoms with E-state index in [0.29, 0.717) is 12.6 Å². The van der Waals surface area contributed by atoms with E-state index in [-0.39, 0.29) is 5.91 Å². The lowest BCUT2D eigenvalue weighted by atomic mass is 9.83. The average Bonchev–Trinajstić information content (AvgIpc) is 3.10. The maximum atomic E-state index is 11.5. The van der Waals surface area contributed by atoms with Crippen LogP contribution in [0.2, 0.25) is 0 Å². The highest BCUT2D eigenvalue weighted by Crippen LogP contribution is 2.43. The summed E-state index contributed by atoms with van der Waals surface area (Å²) in [6.45, 7) is 0.509. The molecule has 0 aromatic heterocycles. The zero-order valence-corrected chi connectivity index (χ0v) is 10.5. The fourth-order valence-electron chi connectivity index (χ4n) is 2.80. The molecule has 16 heavy (non-hydrogen) atoms. The molecule has 0 aromatic carbocycles. The molecule has 1 amide bonds. The minimum Gasteiger partial charge on any atom is -0.348 e. The maximum absolute atomic E-state index is 11.5. The predicted molar refractivity (Wildman–Crippen MR) is 65.2 cm³/mol.